The highest BCUT2D eigenvalue weighted by molar-refractivity contribution is 7.97. The largest absolute Gasteiger partial charge is 0.370 e. The third-order valence-electron chi connectivity index (χ3n) is 6.07. The van der Waals surface area contributed by atoms with E-state index in [0.717, 1.165) is 47.0 Å². The number of anilines is 2. The van der Waals surface area contributed by atoms with Crippen LogP contribution in [0.1, 0.15) is 12.5 Å². The molecule has 0 bridgehead atoms. The lowest BCUT2D eigenvalue weighted by Crippen LogP contribution is -2.55. The number of benzene rings is 2. The molecule has 1 aromatic heterocycles. The molecule has 1 atom stereocenters. The summed E-state index contributed by atoms with van der Waals surface area (Å²) >= 11 is 1.22. The Balaban J connectivity index is 1.27. The van der Waals surface area contributed by atoms with Crippen LogP contribution in [-0.2, 0) is 11.2 Å². The fraction of sp³-hybridized carbons (Fsp3) is 0.250. The molecule has 1 saturated heterocycles. The highest BCUT2D eigenvalue weighted by Gasteiger charge is 2.40. The maximum Gasteiger partial charge on any atom is 0.233 e. The van der Waals surface area contributed by atoms with Crippen molar-refractivity contribution in [1.29, 1.82) is 0 Å². The molecule has 5 nitrogen and oxygen atoms in total. The summed E-state index contributed by atoms with van der Waals surface area (Å²) in [4.78, 5) is 22.9. The van der Waals surface area contributed by atoms with E-state index in [9.17, 15) is 4.79 Å². The lowest BCUT2D eigenvalue weighted by atomic mass is 9.96. The Morgan fingerprint density at radius 2 is 1.90 bits per heavy atom. The van der Waals surface area contributed by atoms with Gasteiger partial charge in [0.25, 0.3) is 0 Å². The van der Waals surface area contributed by atoms with Crippen LogP contribution >= 0.6 is 11.9 Å². The van der Waals surface area contributed by atoms with Crippen molar-refractivity contribution in [2.45, 2.75) is 24.3 Å². The molecular weight excluding hydrogens is 392 g/mol. The van der Waals surface area contributed by atoms with Gasteiger partial charge in [-0.15, -0.1) is 0 Å². The summed E-state index contributed by atoms with van der Waals surface area (Å²) in [5.74, 6) is 0.254. The van der Waals surface area contributed by atoms with Gasteiger partial charge in [-0.2, -0.15) is 0 Å². The fourth-order valence-corrected chi connectivity index (χ4v) is 4.74. The van der Waals surface area contributed by atoms with E-state index in [1.807, 2.05) is 41.4 Å². The average molecular weight is 417 g/mol. The standard InChI is InChI=1S/C24H24N4OS/c1-16-12-18-7-10-21(30-25)13-23(18)28(16)24(29)19-14-27(15-19)20-8-5-17(6-9-20)22-4-2-3-11-26-22/h2-11,13,16,19H,12,14-15,25H2,1H3. The van der Waals surface area contributed by atoms with Crippen molar-refractivity contribution in [3.63, 3.8) is 0 Å². The number of hydrogen-bond acceptors (Lipinski definition) is 5. The van der Waals surface area contributed by atoms with Crippen molar-refractivity contribution in [3.8, 4) is 11.3 Å². The molecule has 2 aliphatic rings. The van der Waals surface area contributed by atoms with Crippen LogP contribution in [0.5, 0.6) is 0 Å². The minimum atomic E-state index is 0.0306. The van der Waals surface area contributed by atoms with Crippen LogP contribution < -0.4 is 14.9 Å². The van der Waals surface area contributed by atoms with E-state index in [-0.39, 0.29) is 17.9 Å². The van der Waals surface area contributed by atoms with Crippen molar-refractivity contribution in [3.05, 3.63) is 72.4 Å². The van der Waals surface area contributed by atoms with Crippen molar-refractivity contribution in [2.24, 2.45) is 11.1 Å². The van der Waals surface area contributed by atoms with Gasteiger partial charge >= 0.3 is 0 Å². The first-order valence-electron chi connectivity index (χ1n) is 10.2. The quantitative estimate of drug-likeness (QED) is 0.648. The summed E-state index contributed by atoms with van der Waals surface area (Å²) in [6.45, 7) is 3.64. The van der Waals surface area contributed by atoms with Gasteiger partial charge in [-0.05, 0) is 67.3 Å². The normalized spacial score (nSPS) is 18.3. The molecular formula is C24H24N4OS. The number of hydrogen-bond donors (Lipinski definition) is 1. The van der Waals surface area contributed by atoms with Crippen LogP contribution in [0.4, 0.5) is 11.4 Å². The molecule has 3 heterocycles. The molecule has 0 spiro atoms. The maximum atomic E-state index is 13.3. The summed E-state index contributed by atoms with van der Waals surface area (Å²) in [5, 5.41) is 5.73. The lowest BCUT2D eigenvalue weighted by molar-refractivity contribution is -0.123. The Morgan fingerprint density at radius 1 is 1.10 bits per heavy atom. The van der Waals surface area contributed by atoms with Gasteiger partial charge in [0.2, 0.25) is 5.91 Å². The molecule has 0 aliphatic carbocycles. The zero-order valence-corrected chi connectivity index (χ0v) is 17.7. The van der Waals surface area contributed by atoms with Crippen LogP contribution in [0, 0.1) is 5.92 Å². The van der Waals surface area contributed by atoms with E-state index in [0.29, 0.717) is 0 Å². The van der Waals surface area contributed by atoms with E-state index in [1.165, 1.54) is 17.5 Å². The van der Waals surface area contributed by atoms with Gasteiger partial charge in [0.1, 0.15) is 0 Å². The number of nitrogens with zero attached hydrogens (tertiary/aromatic N) is 3. The van der Waals surface area contributed by atoms with Gasteiger partial charge in [0, 0.05) is 47.2 Å². The van der Waals surface area contributed by atoms with Gasteiger partial charge in [0.15, 0.2) is 0 Å². The van der Waals surface area contributed by atoms with Crippen LogP contribution in [-0.4, -0.2) is 30.0 Å². The summed E-state index contributed by atoms with van der Waals surface area (Å²) < 4.78 is 0. The minimum absolute atomic E-state index is 0.0306. The average Bonchev–Trinajstić information content (AvgIpc) is 3.08. The Morgan fingerprint density at radius 3 is 2.60 bits per heavy atom. The molecule has 2 aliphatic heterocycles. The third-order valence-corrected chi connectivity index (χ3v) is 6.60. The molecule has 0 saturated carbocycles. The van der Waals surface area contributed by atoms with Gasteiger partial charge in [-0.3, -0.25) is 14.9 Å². The zero-order chi connectivity index (χ0) is 20.7. The number of amides is 1. The molecule has 0 radical (unpaired) electrons. The Labute approximate surface area is 181 Å². The summed E-state index contributed by atoms with van der Waals surface area (Å²) in [5.41, 5.74) is 5.48. The first kappa shape index (κ1) is 19.2. The number of carbonyl (C=O) groups is 1. The Bertz CT molecular complexity index is 1060. The second kappa shape index (κ2) is 7.78. The monoisotopic (exact) mass is 416 g/mol. The van der Waals surface area contributed by atoms with Crippen molar-refractivity contribution in [1.82, 2.24) is 4.98 Å². The van der Waals surface area contributed by atoms with Gasteiger partial charge in [-0.1, -0.05) is 24.3 Å². The molecule has 152 valence electrons. The lowest BCUT2D eigenvalue weighted by Gasteiger charge is -2.42. The molecule has 3 aromatic rings. The number of carbonyl (C=O) groups excluding carboxylic acids is 1. The molecule has 30 heavy (non-hydrogen) atoms. The molecule has 1 amide bonds. The van der Waals surface area contributed by atoms with Crippen LogP contribution in [0.3, 0.4) is 0 Å². The second-order valence-electron chi connectivity index (χ2n) is 8.03. The highest BCUT2D eigenvalue weighted by Crippen LogP contribution is 2.37. The van der Waals surface area contributed by atoms with E-state index in [2.05, 4.69) is 47.1 Å². The fourth-order valence-electron chi connectivity index (χ4n) is 4.42. The molecule has 1 fully saturated rings. The third kappa shape index (κ3) is 3.36. The van der Waals surface area contributed by atoms with Gasteiger partial charge in [0.05, 0.1) is 11.6 Å². The van der Waals surface area contributed by atoms with Crippen LogP contribution in [0.2, 0.25) is 0 Å². The molecule has 2 N–H and O–H groups in total. The van der Waals surface area contributed by atoms with E-state index in [4.69, 9.17) is 5.14 Å². The Kier molecular flexibility index (Phi) is 4.97. The van der Waals surface area contributed by atoms with E-state index >= 15 is 0 Å². The van der Waals surface area contributed by atoms with Crippen molar-refractivity contribution >= 4 is 29.2 Å². The highest BCUT2D eigenvalue weighted by atomic mass is 32.2. The Hall–Kier alpha value is -2.83. The number of fused-ring (bicyclic) bond motifs is 1. The predicted octanol–water partition coefficient (Wildman–Crippen LogP) is 4.13. The molecule has 1 unspecified atom stereocenters. The van der Waals surface area contributed by atoms with Gasteiger partial charge < -0.3 is 9.80 Å². The first-order chi connectivity index (χ1) is 14.6. The topological polar surface area (TPSA) is 62.5 Å². The number of nitrogens with two attached hydrogens (primary N) is 1. The summed E-state index contributed by atoms with van der Waals surface area (Å²) in [6.07, 6.45) is 2.71. The van der Waals surface area contributed by atoms with E-state index in [1.54, 1.807) is 0 Å². The molecule has 2 aromatic carbocycles. The second-order valence-corrected chi connectivity index (χ2v) is 8.74. The van der Waals surface area contributed by atoms with Crippen molar-refractivity contribution < 1.29 is 4.79 Å². The molecule has 5 rings (SSSR count). The number of aromatic nitrogens is 1. The zero-order valence-electron chi connectivity index (χ0n) is 16.9. The van der Waals surface area contributed by atoms with Crippen molar-refractivity contribution in [2.75, 3.05) is 22.9 Å². The van der Waals surface area contributed by atoms with Crippen LogP contribution in [0.25, 0.3) is 11.3 Å². The first-order valence-corrected chi connectivity index (χ1v) is 11.1. The minimum Gasteiger partial charge on any atom is -0.370 e. The summed E-state index contributed by atoms with van der Waals surface area (Å²) in [7, 11) is 0. The van der Waals surface area contributed by atoms with Gasteiger partial charge in [-0.25, -0.2) is 0 Å². The predicted molar refractivity (Wildman–Crippen MR) is 123 cm³/mol. The van der Waals surface area contributed by atoms with Crippen LogP contribution in [0.15, 0.2) is 71.8 Å². The maximum absolute atomic E-state index is 13.3. The van der Waals surface area contributed by atoms with E-state index < -0.39 is 0 Å². The SMILES string of the molecule is CC1Cc2ccc(SN)cc2N1C(=O)C1CN(c2ccc(-c3ccccn3)cc2)C1. The number of rotatable bonds is 4. The summed E-state index contributed by atoms with van der Waals surface area (Å²) in [6, 6.07) is 20.7. The molecule has 6 heteroatoms. The smallest absolute Gasteiger partial charge is 0.233 e. The number of pyridine rings is 1.